The smallest absolute Gasteiger partial charge is 0.244 e. The maximum atomic E-state index is 13.7. The van der Waals surface area contributed by atoms with Crippen molar-refractivity contribution in [1.82, 2.24) is 10.2 Å². The van der Waals surface area contributed by atoms with Crippen molar-refractivity contribution < 1.29 is 18.0 Å². The molecule has 0 heterocycles. The van der Waals surface area contributed by atoms with Gasteiger partial charge in [-0.3, -0.25) is 13.9 Å². The van der Waals surface area contributed by atoms with Crippen LogP contribution in [0.15, 0.2) is 42.5 Å². The Kier molecular flexibility index (Phi) is 11.5. The number of carbonyl (C=O) groups is 2. The molecule has 2 aromatic carbocycles. The zero-order chi connectivity index (χ0) is 26.9. The van der Waals surface area contributed by atoms with Gasteiger partial charge in [-0.05, 0) is 48.6 Å². The molecule has 0 aromatic heterocycles. The van der Waals surface area contributed by atoms with Gasteiger partial charge in [0, 0.05) is 13.1 Å². The summed E-state index contributed by atoms with van der Waals surface area (Å²) < 4.78 is 26.7. The molecule has 0 bridgehead atoms. The largest absolute Gasteiger partial charge is 0.354 e. The van der Waals surface area contributed by atoms with Crippen LogP contribution in [0.4, 0.5) is 5.69 Å². The lowest BCUT2D eigenvalue weighted by Gasteiger charge is -2.33. The fraction of sp³-hybridized carbons (Fsp3) is 0.462. The summed E-state index contributed by atoms with van der Waals surface area (Å²) in [7, 11) is -3.79. The summed E-state index contributed by atoms with van der Waals surface area (Å²) in [4.78, 5) is 28.2. The quantitative estimate of drug-likeness (QED) is 0.350. The Bertz CT molecular complexity index is 1160. The van der Waals surface area contributed by atoms with Gasteiger partial charge in [-0.2, -0.15) is 0 Å². The number of anilines is 1. The Hall–Kier alpha value is -2.29. The molecule has 7 nitrogen and oxygen atoms in total. The molecule has 0 radical (unpaired) electrons. The molecule has 0 unspecified atom stereocenters. The van der Waals surface area contributed by atoms with Gasteiger partial charge in [0.25, 0.3) is 0 Å². The minimum atomic E-state index is -3.79. The zero-order valence-corrected chi connectivity index (χ0v) is 23.6. The second kappa shape index (κ2) is 13.9. The Balaban J connectivity index is 2.46. The van der Waals surface area contributed by atoms with E-state index in [2.05, 4.69) is 5.32 Å². The Morgan fingerprint density at radius 3 is 2.31 bits per heavy atom. The summed E-state index contributed by atoms with van der Waals surface area (Å²) in [6.07, 6.45) is 3.77. The summed E-state index contributed by atoms with van der Waals surface area (Å²) >= 11 is 12.2. The van der Waals surface area contributed by atoms with E-state index in [-0.39, 0.29) is 12.5 Å². The second-order valence-electron chi connectivity index (χ2n) is 8.59. The standard InChI is InChI=1S/C26H35Cl2N3O4S/c1-5-8-15-29-26(33)23(7-3)30(17-19-13-14-21(27)22(28)16-19)25(32)18-31(36(4,34)35)24-12-10-9-11-20(24)6-2/h9-14,16,23H,5-8,15,17-18H2,1-4H3,(H,29,33)/t23-/m1/s1. The minimum Gasteiger partial charge on any atom is -0.354 e. The highest BCUT2D eigenvalue weighted by atomic mass is 35.5. The fourth-order valence-electron chi connectivity index (χ4n) is 3.91. The van der Waals surface area contributed by atoms with Gasteiger partial charge < -0.3 is 10.2 Å². The fourth-order valence-corrected chi connectivity index (χ4v) is 5.11. The predicted molar refractivity (Wildman–Crippen MR) is 147 cm³/mol. The number of hydrogen-bond donors (Lipinski definition) is 1. The molecule has 1 N–H and O–H groups in total. The van der Waals surface area contributed by atoms with Gasteiger partial charge in [-0.25, -0.2) is 8.42 Å². The number of aryl methyl sites for hydroxylation is 1. The van der Waals surface area contributed by atoms with Gasteiger partial charge in [0.2, 0.25) is 21.8 Å². The van der Waals surface area contributed by atoms with Crippen molar-refractivity contribution in [3.8, 4) is 0 Å². The summed E-state index contributed by atoms with van der Waals surface area (Å²) in [6.45, 7) is 5.90. The number of rotatable bonds is 13. The van der Waals surface area contributed by atoms with E-state index in [9.17, 15) is 18.0 Å². The maximum Gasteiger partial charge on any atom is 0.244 e. The SMILES string of the molecule is CCCCNC(=O)[C@@H](CC)N(Cc1ccc(Cl)c(Cl)c1)C(=O)CN(c1ccccc1CC)S(C)(=O)=O. The van der Waals surface area contributed by atoms with E-state index in [1.807, 2.05) is 32.9 Å². The molecule has 0 spiro atoms. The number of sulfonamides is 1. The highest BCUT2D eigenvalue weighted by molar-refractivity contribution is 7.92. The van der Waals surface area contributed by atoms with Crippen LogP contribution in [0.2, 0.25) is 10.0 Å². The average Bonchev–Trinajstić information content (AvgIpc) is 2.83. The molecule has 36 heavy (non-hydrogen) atoms. The van der Waals surface area contributed by atoms with Crippen molar-refractivity contribution in [2.24, 2.45) is 0 Å². The van der Waals surface area contributed by atoms with Gasteiger partial charge in [-0.15, -0.1) is 0 Å². The van der Waals surface area contributed by atoms with Crippen LogP contribution in [0.3, 0.4) is 0 Å². The van der Waals surface area contributed by atoms with E-state index in [0.29, 0.717) is 40.7 Å². The Labute approximate surface area is 224 Å². The first-order chi connectivity index (χ1) is 17.0. The number of benzene rings is 2. The molecule has 1 atom stereocenters. The topological polar surface area (TPSA) is 86.8 Å². The molecule has 10 heteroatoms. The Morgan fingerprint density at radius 1 is 1.03 bits per heavy atom. The lowest BCUT2D eigenvalue weighted by atomic mass is 10.1. The first-order valence-electron chi connectivity index (χ1n) is 12.1. The number of halogens is 2. The van der Waals surface area contributed by atoms with Crippen LogP contribution in [-0.2, 0) is 32.6 Å². The predicted octanol–water partition coefficient (Wildman–Crippen LogP) is 5.05. The third kappa shape index (κ3) is 8.11. The van der Waals surface area contributed by atoms with Crippen LogP contribution in [-0.4, -0.2) is 50.5 Å². The summed E-state index contributed by atoms with van der Waals surface area (Å²) in [5, 5.41) is 3.61. The van der Waals surface area contributed by atoms with Gasteiger partial charge in [0.1, 0.15) is 12.6 Å². The van der Waals surface area contributed by atoms with Crippen LogP contribution in [0.5, 0.6) is 0 Å². The van der Waals surface area contributed by atoms with Crippen LogP contribution in [0, 0.1) is 0 Å². The monoisotopic (exact) mass is 555 g/mol. The number of amides is 2. The summed E-state index contributed by atoms with van der Waals surface area (Å²) in [5.41, 5.74) is 1.93. The highest BCUT2D eigenvalue weighted by Crippen LogP contribution is 2.26. The molecule has 2 amide bonds. The molecular formula is C26H35Cl2N3O4S. The van der Waals surface area contributed by atoms with E-state index in [1.54, 1.807) is 30.3 Å². The van der Waals surface area contributed by atoms with Crippen LogP contribution in [0.25, 0.3) is 0 Å². The first kappa shape index (κ1) is 29.9. The second-order valence-corrected chi connectivity index (χ2v) is 11.3. The summed E-state index contributed by atoms with van der Waals surface area (Å²) in [5.74, 6) is -0.769. The zero-order valence-electron chi connectivity index (χ0n) is 21.3. The molecule has 2 rings (SSSR count). The lowest BCUT2D eigenvalue weighted by Crippen LogP contribution is -2.52. The van der Waals surface area contributed by atoms with Gasteiger partial charge in [0.15, 0.2) is 0 Å². The van der Waals surface area contributed by atoms with Crippen molar-refractivity contribution in [2.45, 2.75) is 59.0 Å². The molecular weight excluding hydrogens is 521 g/mol. The van der Waals surface area contributed by atoms with Crippen LogP contribution in [0.1, 0.15) is 51.2 Å². The summed E-state index contributed by atoms with van der Waals surface area (Å²) in [6, 6.07) is 11.3. The van der Waals surface area contributed by atoms with Crippen molar-refractivity contribution >= 4 is 50.7 Å². The average molecular weight is 557 g/mol. The van der Waals surface area contributed by atoms with E-state index < -0.39 is 28.5 Å². The maximum absolute atomic E-state index is 13.7. The molecule has 0 saturated heterocycles. The normalized spacial score (nSPS) is 12.2. The molecule has 0 aliphatic heterocycles. The number of nitrogens with zero attached hydrogens (tertiary/aromatic N) is 2. The third-order valence-electron chi connectivity index (χ3n) is 5.87. The lowest BCUT2D eigenvalue weighted by molar-refractivity contribution is -0.140. The van der Waals surface area contributed by atoms with Crippen LogP contribution >= 0.6 is 23.2 Å². The number of nitrogens with one attached hydrogen (secondary N) is 1. The van der Waals surface area contributed by atoms with E-state index in [1.165, 1.54) is 4.90 Å². The molecule has 0 fully saturated rings. The van der Waals surface area contributed by atoms with Gasteiger partial charge in [0.05, 0.1) is 22.0 Å². The number of unbranched alkanes of at least 4 members (excludes halogenated alkanes) is 1. The van der Waals surface area contributed by atoms with Crippen molar-refractivity contribution in [3.63, 3.8) is 0 Å². The number of para-hydroxylation sites is 1. The van der Waals surface area contributed by atoms with Crippen molar-refractivity contribution in [3.05, 3.63) is 63.6 Å². The molecule has 0 aliphatic rings. The van der Waals surface area contributed by atoms with E-state index in [4.69, 9.17) is 23.2 Å². The Morgan fingerprint density at radius 2 is 1.72 bits per heavy atom. The number of hydrogen-bond acceptors (Lipinski definition) is 4. The molecule has 2 aromatic rings. The van der Waals surface area contributed by atoms with Crippen LogP contribution < -0.4 is 9.62 Å². The molecule has 198 valence electrons. The van der Waals surface area contributed by atoms with Crippen molar-refractivity contribution in [1.29, 1.82) is 0 Å². The first-order valence-corrected chi connectivity index (χ1v) is 14.7. The van der Waals surface area contributed by atoms with E-state index >= 15 is 0 Å². The number of carbonyl (C=O) groups excluding carboxylic acids is 2. The van der Waals surface area contributed by atoms with Gasteiger partial charge in [-0.1, -0.05) is 74.7 Å². The third-order valence-corrected chi connectivity index (χ3v) is 7.74. The van der Waals surface area contributed by atoms with Crippen molar-refractivity contribution in [2.75, 3.05) is 23.7 Å². The molecule has 0 saturated carbocycles. The highest BCUT2D eigenvalue weighted by Gasteiger charge is 2.32. The van der Waals surface area contributed by atoms with Gasteiger partial charge >= 0.3 is 0 Å². The molecule has 0 aliphatic carbocycles. The minimum absolute atomic E-state index is 0.0719. The van der Waals surface area contributed by atoms with E-state index in [0.717, 1.165) is 29.0 Å².